The lowest BCUT2D eigenvalue weighted by Gasteiger charge is -2.22. The van der Waals surface area contributed by atoms with Crippen LogP contribution in [0.4, 0.5) is 9.59 Å². The molecule has 128 valence electrons. The minimum Gasteiger partial charge on any atom is -0.467 e. The molecule has 0 saturated heterocycles. The lowest BCUT2D eigenvalue weighted by atomic mass is 10.1. The van der Waals surface area contributed by atoms with Gasteiger partial charge in [-0.1, -0.05) is 0 Å². The fourth-order valence-corrected chi connectivity index (χ4v) is 1.58. The fraction of sp³-hybridized carbons (Fsp3) is 0.786. The molecule has 0 fully saturated rings. The van der Waals surface area contributed by atoms with E-state index in [1.165, 1.54) is 14.2 Å². The zero-order chi connectivity index (χ0) is 17.2. The van der Waals surface area contributed by atoms with Crippen LogP contribution >= 0.6 is 0 Å². The molecule has 0 aliphatic carbocycles. The molecule has 0 bridgehead atoms. The molecule has 8 nitrogen and oxygen atoms in total. The molecule has 0 heterocycles. The number of unbranched alkanes of at least 4 members (excludes halogenated alkanes) is 1. The van der Waals surface area contributed by atoms with E-state index in [0.29, 0.717) is 25.8 Å². The van der Waals surface area contributed by atoms with Gasteiger partial charge in [0.1, 0.15) is 11.6 Å². The third kappa shape index (κ3) is 9.84. The quantitative estimate of drug-likeness (QED) is 0.420. The summed E-state index contributed by atoms with van der Waals surface area (Å²) in [6.07, 6.45) is 0.458. The van der Waals surface area contributed by atoms with Gasteiger partial charge in [0.25, 0.3) is 0 Å². The second-order valence-corrected chi connectivity index (χ2v) is 5.64. The Morgan fingerprint density at radius 2 is 1.64 bits per heavy atom. The Balaban J connectivity index is 4.22. The highest BCUT2D eigenvalue weighted by Crippen LogP contribution is 2.08. The Morgan fingerprint density at radius 1 is 1.00 bits per heavy atom. The molecule has 0 rings (SSSR count). The maximum atomic E-state index is 11.7. The van der Waals surface area contributed by atoms with Gasteiger partial charge in [-0.05, 0) is 40.0 Å². The molecule has 2 N–H and O–H groups in total. The van der Waals surface area contributed by atoms with Crippen molar-refractivity contribution in [3.05, 3.63) is 0 Å². The van der Waals surface area contributed by atoms with Crippen molar-refractivity contribution in [1.82, 2.24) is 10.6 Å². The Labute approximate surface area is 130 Å². The minimum absolute atomic E-state index is 0.384. The van der Waals surface area contributed by atoms with E-state index in [1.54, 1.807) is 20.8 Å². The van der Waals surface area contributed by atoms with Gasteiger partial charge in [-0.2, -0.15) is 0 Å². The molecule has 0 aliphatic rings. The number of esters is 1. The topological polar surface area (TPSA) is 103 Å². The minimum atomic E-state index is -0.780. The molecule has 22 heavy (non-hydrogen) atoms. The van der Waals surface area contributed by atoms with Crippen LogP contribution in [-0.2, 0) is 19.0 Å². The van der Waals surface area contributed by atoms with E-state index in [1.807, 2.05) is 0 Å². The van der Waals surface area contributed by atoms with Gasteiger partial charge >= 0.3 is 18.2 Å². The summed E-state index contributed by atoms with van der Waals surface area (Å²) in [6.45, 7) is 5.63. The first kappa shape index (κ1) is 20.0. The van der Waals surface area contributed by atoms with Crippen LogP contribution in [0.15, 0.2) is 0 Å². The third-order valence-corrected chi connectivity index (χ3v) is 2.55. The van der Waals surface area contributed by atoms with E-state index in [-0.39, 0.29) is 0 Å². The van der Waals surface area contributed by atoms with Gasteiger partial charge < -0.3 is 24.8 Å². The van der Waals surface area contributed by atoms with E-state index in [2.05, 4.69) is 20.1 Å². The standard InChI is InChI=1S/C14H26N2O6/c1-14(2,3)22-13(19)16-10(11(17)20-4)8-6-7-9-15-12(18)21-5/h10H,6-9H2,1-5H3,(H,15,18)(H,16,19)/t10-/m0/s1. The number of nitrogens with one attached hydrogen (secondary N) is 2. The number of rotatable bonds is 7. The van der Waals surface area contributed by atoms with Crippen molar-refractivity contribution in [2.45, 2.75) is 51.7 Å². The predicted molar refractivity (Wildman–Crippen MR) is 79.4 cm³/mol. The molecule has 0 aromatic heterocycles. The van der Waals surface area contributed by atoms with Crippen molar-refractivity contribution in [1.29, 1.82) is 0 Å². The van der Waals surface area contributed by atoms with Crippen LogP contribution in [0.5, 0.6) is 0 Å². The molecule has 8 heteroatoms. The van der Waals surface area contributed by atoms with Crippen molar-refractivity contribution < 1.29 is 28.6 Å². The highest BCUT2D eigenvalue weighted by atomic mass is 16.6. The monoisotopic (exact) mass is 318 g/mol. The largest absolute Gasteiger partial charge is 0.467 e. The number of carbonyl (C=O) groups is 3. The predicted octanol–water partition coefficient (Wildman–Crippen LogP) is 1.58. The van der Waals surface area contributed by atoms with Crippen molar-refractivity contribution in [2.75, 3.05) is 20.8 Å². The molecule has 1 atom stereocenters. The zero-order valence-corrected chi connectivity index (χ0v) is 13.9. The summed E-state index contributed by atoms with van der Waals surface area (Å²) >= 11 is 0. The number of carbonyl (C=O) groups excluding carboxylic acids is 3. The summed E-state index contributed by atoms with van der Waals surface area (Å²) < 4.78 is 14.2. The first-order chi connectivity index (χ1) is 10.2. The Morgan fingerprint density at radius 3 is 2.14 bits per heavy atom. The second kappa shape index (κ2) is 9.86. The van der Waals surface area contributed by atoms with E-state index < -0.39 is 29.8 Å². The average molecular weight is 318 g/mol. The van der Waals surface area contributed by atoms with Crippen molar-refractivity contribution in [2.24, 2.45) is 0 Å². The number of hydrogen-bond acceptors (Lipinski definition) is 6. The summed E-state index contributed by atoms with van der Waals surface area (Å²) in [5.41, 5.74) is -0.644. The van der Waals surface area contributed by atoms with Crippen LogP contribution in [0.3, 0.4) is 0 Å². The van der Waals surface area contributed by atoms with Gasteiger partial charge in [0.05, 0.1) is 14.2 Å². The average Bonchev–Trinajstić information content (AvgIpc) is 2.42. The first-order valence-electron chi connectivity index (χ1n) is 7.08. The van der Waals surface area contributed by atoms with E-state index in [9.17, 15) is 14.4 Å². The molecule has 0 aromatic carbocycles. The summed E-state index contributed by atoms with van der Waals surface area (Å²) in [6, 6.07) is -0.780. The number of methoxy groups -OCH3 is 2. The number of hydrogen-bond donors (Lipinski definition) is 2. The van der Waals surface area contributed by atoms with Gasteiger partial charge in [-0.15, -0.1) is 0 Å². The Hall–Kier alpha value is -1.99. The molecule has 0 radical (unpaired) electrons. The molecule has 0 saturated carbocycles. The van der Waals surface area contributed by atoms with E-state index in [0.717, 1.165) is 0 Å². The lowest BCUT2D eigenvalue weighted by molar-refractivity contribution is -0.143. The highest BCUT2D eigenvalue weighted by Gasteiger charge is 2.24. The molecule has 0 spiro atoms. The first-order valence-corrected chi connectivity index (χ1v) is 7.08. The third-order valence-electron chi connectivity index (χ3n) is 2.55. The molecule has 0 aliphatic heterocycles. The van der Waals surface area contributed by atoms with Gasteiger partial charge in [0, 0.05) is 6.54 Å². The highest BCUT2D eigenvalue weighted by molar-refractivity contribution is 5.81. The maximum Gasteiger partial charge on any atom is 0.408 e. The summed E-state index contributed by atoms with van der Waals surface area (Å²) in [5, 5.41) is 5.02. The van der Waals surface area contributed by atoms with Gasteiger partial charge in [-0.3, -0.25) is 0 Å². The normalized spacial score (nSPS) is 12.0. The number of amides is 2. The van der Waals surface area contributed by atoms with Crippen molar-refractivity contribution >= 4 is 18.2 Å². The summed E-state index contributed by atoms with van der Waals surface area (Å²) in [4.78, 5) is 34.2. The Kier molecular flexibility index (Phi) is 8.97. The molecular weight excluding hydrogens is 292 g/mol. The number of ether oxygens (including phenoxy) is 3. The van der Waals surface area contributed by atoms with Gasteiger partial charge in [0.2, 0.25) is 0 Å². The fourth-order valence-electron chi connectivity index (χ4n) is 1.58. The van der Waals surface area contributed by atoms with Crippen molar-refractivity contribution in [3.8, 4) is 0 Å². The molecule has 2 amide bonds. The lowest BCUT2D eigenvalue weighted by Crippen LogP contribution is -2.44. The second-order valence-electron chi connectivity index (χ2n) is 5.64. The van der Waals surface area contributed by atoms with Crippen molar-refractivity contribution in [3.63, 3.8) is 0 Å². The Bertz CT molecular complexity index is 378. The zero-order valence-electron chi connectivity index (χ0n) is 13.9. The number of alkyl carbamates (subject to hydrolysis) is 2. The summed E-state index contributed by atoms with van der Waals surface area (Å²) in [7, 11) is 2.54. The molecule has 0 unspecified atom stereocenters. The van der Waals surface area contributed by atoms with Crippen LogP contribution in [-0.4, -0.2) is 50.6 Å². The SMILES string of the molecule is COC(=O)NCCCC[C@H](NC(=O)OC(C)(C)C)C(=O)OC. The van der Waals surface area contributed by atoms with Crippen LogP contribution in [0.25, 0.3) is 0 Å². The summed E-state index contributed by atoms with van der Waals surface area (Å²) in [5.74, 6) is -0.535. The van der Waals surface area contributed by atoms with Crippen LogP contribution in [0.2, 0.25) is 0 Å². The molecule has 0 aromatic rings. The van der Waals surface area contributed by atoms with Crippen LogP contribution in [0.1, 0.15) is 40.0 Å². The van der Waals surface area contributed by atoms with Crippen LogP contribution in [0, 0.1) is 0 Å². The van der Waals surface area contributed by atoms with E-state index in [4.69, 9.17) is 4.74 Å². The molecular formula is C14H26N2O6. The van der Waals surface area contributed by atoms with Gasteiger partial charge in [0.15, 0.2) is 0 Å². The smallest absolute Gasteiger partial charge is 0.408 e. The van der Waals surface area contributed by atoms with Gasteiger partial charge in [-0.25, -0.2) is 14.4 Å². The van der Waals surface area contributed by atoms with E-state index >= 15 is 0 Å². The van der Waals surface area contributed by atoms with Crippen LogP contribution < -0.4 is 10.6 Å². The maximum absolute atomic E-state index is 11.7.